The second-order valence-electron chi connectivity index (χ2n) is 3.49. The Bertz CT molecular complexity index is 530. The van der Waals surface area contributed by atoms with E-state index in [0.29, 0.717) is 10.8 Å². The number of aromatic nitrogens is 3. The summed E-state index contributed by atoms with van der Waals surface area (Å²) in [6.07, 6.45) is 0.866. The Labute approximate surface area is 119 Å². The van der Waals surface area contributed by atoms with Crippen molar-refractivity contribution in [2.24, 2.45) is 0 Å². The first-order chi connectivity index (χ1) is 8.72. The van der Waals surface area contributed by atoms with E-state index < -0.39 is 0 Å². The van der Waals surface area contributed by atoms with Crippen molar-refractivity contribution < 1.29 is 0 Å². The molecule has 7 heteroatoms. The van der Waals surface area contributed by atoms with E-state index in [4.69, 9.17) is 11.6 Å². The highest BCUT2D eigenvalue weighted by atomic mass is 35.5. The summed E-state index contributed by atoms with van der Waals surface area (Å²) in [6, 6.07) is 3.71. The Hall–Kier alpha value is -0.850. The van der Waals surface area contributed by atoms with E-state index in [2.05, 4.69) is 19.7 Å². The Morgan fingerprint density at radius 1 is 1.39 bits per heavy atom. The van der Waals surface area contributed by atoms with Crippen LogP contribution >= 0.6 is 34.9 Å². The molecule has 2 heterocycles. The molecule has 0 radical (unpaired) electrons. The predicted octanol–water partition coefficient (Wildman–Crippen LogP) is 3.48. The molecule has 0 bridgehead atoms. The van der Waals surface area contributed by atoms with Gasteiger partial charge >= 0.3 is 0 Å². The lowest BCUT2D eigenvalue weighted by molar-refractivity contribution is 0.971. The Morgan fingerprint density at radius 2 is 2.22 bits per heavy atom. The van der Waals surface area contributed by atoms with Crippen molar-refractivity contribution in [1.29, 1.82) is 0 Å². The van der Waals surface area contributed by atoms with Crippen molar-refractivity contribution >= 4 is 40.7 Å². The lowest BCUT2D eigenvalue weighted by Crippen LogP contribution is -1.96. The quantitative estimate of drug-likeness (QED) is 0.857. The molecule has 0 fully saturated rings. The topological polar surface area (TPSA) is 50.7 Å². The van der Waals surface area contributed by atoms with E-state index in [9.17, 15) is 0 Å². The maximum Gasteiger partial charge on any atom is 0.170 e. The number of hydrogen-bond acceptors (Lipinski definition) is 6. The number of nitrogens with one attached hydrogen (secondary N) is 1. The molecule has 4 nitrogen and oxygen atoms in total. The highest BCUT2D eigenvalue weighted by Crippen LogP contribution is 2.27. The zero-order valence-electron chi connectivity index (χ0n) is 10.1. The fraction of sp³-hybridized carbons (Fsp3) is 0.364. The average Bonchev–Trinajstić information content (AvgIpc) is 2.86. The largest absolute Gasteiger partial charge is 0.373 e. The first kappa shape index (κ1) is 13.6. The number of anilines is 1. The zero-order chi connectivity index (χ0) is 13.0. The van der Waals surface area contributed by atoms with Gasteiger partial charge in [-0.05, 0) is 23.7 Å². The minimum Gasteiger partial charge on any atom is -0.373 e. The summed E-state index contributed by atoms with van der Waals surface area (Å²) in [5.41, 5.74) is 0.863. The Balaban J connectivity index is 2.05. The zero-order valence-corrected chi connectivity index (χ0v) is 12.5. The van der Waals surface area contributed by atoms with Crippen molar-refractivity contribution in [3.63, 3.8) is 0 Å². The highest BCUT2D eigenvalue weighted by Gasteiger charge is 2.07. The monoisotopic (exact) mass is 300 g/mol. The van der Waals surface area contributed by atoms with Gasteiger partial charge in [0.1, 0.15) is 11.6 Å². The summed E-state index contributed by atoms with van der Waals surface area (Å²) in [7, 11) is 1.84. The molecule has 0 aromatic carbocycles. The number of hydrogen-bond donors (Lipinski definition) is 1. The smallest absolute Gasteiger partial charge is 0.170 e. The van der Waals surface area contributed by atoms with Crippen molar-refractivity contribution in [1.82, 2.24) is 14.3 Å². The standard InChI is InChI=1S/C11H13ClN4S2/c1-3-9-15-11(18-16-9)17-6-8-7(12)4-5-10(13-2)14-8/h4-5H,3,6H2,1-2H3,(H,13,14). The van der Waals surface area contributed by atoms with Crippen LogP contribution < -0.4 is 5.32 Å². The average molecular weight is 301 g/mol. The first-order valence-electron chi connectivity index (χ1n) is 5.51. The van der Waals surface area contributed by atoms with Crippen LogP contribution in [0.1, 0.15) is 18.4 Å². The van der Waals surface area contributed by atoms with E-state index in [-0.39, 0.29) is 0 Å². The van der Waals surface area contributed by atoms with E-state index in [1.54, 1.807) is 11.8 Å². The van der Waals surface area contributed by atoms with Gasteiger partial charge in [0, 0.05) is 19.2 Å². The molecule has 0 saturated heterocycles. The second-order valence-corrected chi connectivity index (χ2v) is 5.88. The maximum atomic E-state index is 6.12. The van der Waals surface area contributed by atoms with Gasteiger partial charge in [0.25, 0.3) is 0 Å². The van der Waals surface area contributed by atoms with Crippen molar-refractivity contribution in [3.8, 4) is 0 Å². The molecule has 0 atom stereocenters. The molecular formula is C11H13ClN4S2. The van der Waals surface area contributed by atoms with Crippen LogP contribution in [0.2, 0.25) is 5.02 Å². The summed E-state index contributed by atoms with van der Waals surface area (Å²) in [5, 5.41) is 3.68. The lowest BCUT2D eigenvalue weighted by Gasteiger charge is -2.04. The summed E-state index contributed by atoms with van der Waals surface area (Å²) >= 11 is 9.15. The first-order valence-corrected chi connectivity index (χ1v) is 7.65. The third-order valence-electron chi connectivity index (χ3n) is 2.27. The molecular weight excluding hydrogens is 288 g/mol. The number of nitrogens with zero attached hydrogens (tertiary/aromatic N) is 3. The van der Waals surface area contributed by atoms with Gasteiger partial charge < -0.3 is 5.32 Å². The van der Waals surface area contributed by atoms with Crippen LogP contribution in [0.25, 0.3) is 0 Å². The molecule has 96 valence electrons. The van der Waals surface area contributed by atoms with Gasteiger partial charge in [-0.15, -0.1) is 0 Å². The van der Waals surface area contributed by atoms with Gasteiger partial charge in [-0.1, -0.05) is 30.3 Å². The molecule has 0 unspecified atom stereocenters. The van der Waals surface area contributed by atoms with Gasteiger partial charge in [-0.3, -0.25) is 0 Å². The van der Waals surface area contributed by atoms with Gasteiger partial charge in [0.2, 0.25) is 0 Å². The van der Waals surface area contributed by atoms with Crippen LogP contribution in [0.5, 0.6) is 0 Å². The van der Waals surface area contributed by atoms with Crippen LogP contribution in [0.3, 0.4) is 0 Å². The SMILES string of the molecule is CCc1nsc(SCc2nc(NC)ccc2Cl)n1. The molecule has 0 aliphatic heterocycles. The molecule has 0 amide bonds. The molecule has 1 N–H and O–H groups in total. The number of thioether (sulfide) groups is 1. The molecule has 0 aliphatic carbocycles. The number of halogens is 1. The molecule has 0 aliphatic rings. The van der Waals surface area contributed by atoms with Crippen LogP contribution in [0.15, 0.2) is 16.5 Å². The molecule has 2 rings (SSSR count). The third-order valence-corrected chi connectivity index (χ3v) is 4.50. The molecule has 0 saturated carbocycles. The van der Waals surface area contributed by atoms with Crippen molar-refractivity contribution in [2.45, 2.75) is 23.4 Å². The van der Waals surface area contributed by atoms with Gasteiger partial charge in [-0.25, -0.2) is 9.97 Å². The number of aryl methyl sites for hydroxylation is 1. The molecule has 0 spiro atoms. The predicted molar refractivity (Wildman–Crippen MR) is 77.6 cm³/mol. The maximum absolute atomic E-state index is 6.12. The molecule has 2 aromatic rings. The van der Waals surface area contributed by atoms with E-state index in [0.717, 1.165) is 28.1 Å². The minimum atomic E-state index is 0.682. The van der Waals surface area contributed by atoms with E-state index in [1.807, 2.05) is 26.1 Å². The normalized spacial score (nSPS) is 10.6. The summed E-state index contributed by atoms with van der Waals surface area (Å²) < 4.78 is 5.21. The van der Waals surface area contributed by atoms with Gasteiger partial charge in [0.15, 0.2) is 4.34 Å². The molecule has 2 aromatic heterocycles. The van der Waals surface area contributed by atoms with Crippen LogP contribution in [0, 0.1) is 0 Å². The fourth-order valence-corrected chi connectivity index (χ4v) is 3.20. The van der Waals surface area contributed by atoms with Crippen molar-refractivity contribution in [3.05, 3.63) is 28.7 Å². The van der Waals surface area contributed by atoms with Crippen molar-refractivity contribution in [2.75, 3.05) is 12.4 Å². The summed E-state index contributed by atoms with van der Waals surface area (Å²) in [5.74, 6) is 2.42. The van der Waals surface area contributed by atoms with Crippen LogP contribution in [-0.2, 0) is 12.2 Å². The highest BCUT2D eigenvalue weighted by molar-refractivity contribution is 8.00. The summed E-state index contributed by atoms with van der Waals surface area (Å²) in [4.78, 5) is 8.83. The van der Waals surface area contributed by atoms with Gasteiger partial charge in [-0.2, -0.15) is 4.37 Å². The fourth-order valence-electron chi connectivity index (χ4n) is 1.30. The third kappa shape index (κ3) is 3.34. The van der Waals surface area contributed by atoms with Crippen LogP contribution in [0.4, 0.5) is 5.82 Å². The minimum absolute atomic E-state index is 0.682. The molecule has 18 heavy (non-hydrogen) atoms. The Morgan fingerprint density at radius 3 is 2.89 bits per heavy atom. The van der Waals surface area contributed by atoms with E-state index >= 15 is 0 Å². The number of pyridine rings is 1. The summed E-state index contributed by atoms with van der Waals surface area (Å²) in [6.45, 7) is 2.05. The van der Waals surface area contributed by atoms with Gasteiger partial charge in [0.05, 0.1) is 10.7 Å². The Kier molecular flexibility index (Phi) is 4.79. The second kappa shape index (κ2) is 6.36. The number of rotatable bonds is 5. The van der Waals surface area contributed by atoms with E-state index in [1.165, 1.54) is 11.5 Å². The van der Waals surface area contributed by atoms with Crippen LogP contribution in [-0.4, -0.2) is 21.4 Å². The lowest BCUT2D eigenvalue weighted by atomic mass is 10.3.